The highest BCUT2D eigenvalue weighted by molar-refractivity contribution is 5.46. The molecular weight excluding hydrogens is 336 g/mol. The van der Waals surface area contributed by atoms with Crippen LogP contribution in [-0.2, 0) is 0 Å². The molecule has 27 heavy (non-hydrogen) atoms. The topological polar surface area (TPSA) is 50.1 Å². The number of benzene rings is 1. The molecular formula is C21H32N6. The van der Waals surface area contributed by atoms with Crippen molar-refractivity contribution in [2.75, 3.05) is 31.1 Å². The lowest BCUT2D eigenvalue weighted by atomic mass is 10.1. The monoisotopic (exact) mass is 368 g/mol. The van der Waals surface area contributed by atoms with Gasteiger partial charge < -0.3 is 4.90 Å². The highest BCUT2D eigenvalue weighted by Crippen LogP contribution is 2.33. The average molecular weight is 369 g/mol. The third-order valence-electron chi connectivity index (χ3n) is 6.19. The lowest BCUT2D eigenvalue weighted by Crippen LogP contribution is -2.48. The van der Waals surface area contributed by atoms with Crippen molar-refractivity contribution in [3.05, 3.63) is 36.2 Å². The largest absolute Gasteiger partial charge is 0.369 e. The number of piperazine rings is 1. The minimum Gasteiger partial charge on any atom is -0.369 e. The van der Waals surface area contributed by atoms with Crippen LogP contribution in [0.2, 0.25) is 0 Å². The summed E-state index contributed by atoms with van der Waals surface area (Å²) in [7, 11) is 0. The maximum atomic E-state index is 4.51. The summed E-state index contributed by atoms with van der Waals surface area (Å²) in [6.07, 6.45) is 8.64. The standard InChI is InChI=1S/C21H32N6/c1-2-3-13-20(21-22-23-24-27(21)19-11-7-8-12-19)26-16-14-25(15-17-26)18-9-5-4-6-10-18/h4-6,9-10,19-20H,2-3,7-8,11-17H2,1H3/t20-/m1/s1. The van der Waals surface area contributed by atoms with E-state index >= 15 is 0 Å². The van der Waals surface area contributed by atoms with E-state index in [0.717, 1.165) is 38.4 Å². The quantitative estimate of drug-likeness (QED) is 0.743. The molecule has 4 rings (SSSR count). The molecule has 1 atom stereocenters. The average Bonchev–Trinajstić information content (AvgIpc) is 3.41. The van der Waals surface area contributed by atoms with Gasteiger partial charge in [0.25, 0.3) is 0 Å². The number of aromatic nitrogens is 4. The Morgan fingerprint density at radius 1 is 1.04 bits per heavy atom. The van der Waals surface area contributed by atoms with Crippen LogP contribution >= 0.6 is 0 Å². The molecule has 6 nitrogen and oxygen atoms in total. The summed E-state index contributed by atoms with van der Waals surface area (Å²) in [5.41, 5.74) is 1.33. The van der Waals surface area contributed by atoms with E-state index < -0.39 is 0 Å². The third-order valence-corrected chi connectivity index (χ3v) is 6.19. The molecule has 6 heteroatoms. The van der Waals surface area contributed by atoms with Gasteiger partial charge in [0.1, 0.15) is 0 Å². The molecule has 0 radical (unpaired) electrons. The van der Waals surface area contributed by atoms with Crippen LogP contribution in [0.5, 0.6) is 0 Å². The van der Waals surface area contributed by atoms with E-state index in [1.807, 2.05) is 0 Å². The molecule has 0 amide bonds. The van der Waals surface area contributed by atoms with Gasteiger partial charge in [-0.2, -0.15) is 0 Å². The van der Waals surface area contributed by atoms with Gasteiger partial charge in [0.2, 0.25) is 0 Å². The first-order valence-electron chi connectivity index (χ1n) is 10.7. The lowest BCUT2D eigenvalue weighted by Gasteiger charge is -2.40. The van der Waals surface area contributed by atoms with Crippen LogP contribution in [-0.4, -0.2) is 51.3 Å². The van der Waals surface area contributed by atoms with Gasteiger partial charge in [0.05, 0.1) is 12.1 Å². The van der Waals surface area contributed by atoms with Crippen LogP contribution in [0.3, 0.4) is 0 Å². The summed E-state index contributed by atoms with van der Waals surface area (Å²) in [5.74, 6) is 1.10. The molecule has 1 saturated heterocycles. The van der Waals surface area contributed by atoms with Crippen LogP contribution in [0, 0.1) is 0 Å². The molecule has 1 aliphatic carbocycles. The maximum Gasteiger partial charge on any atom is 0.168 e. The van der Waals surface area contributed by atoms with E-state index in [2.05, 4.69) is 67.3 Å². The molecule has 2 heterocycles. The van der Waals surface area contributed by atoms with E-state index in [-0.39, 0.29) is 0 Å². The number of nitrogens with zero attached hydrogens (tertiary/aromatic N) is 6. The van der Waals surface area contributed by atoms with Crippen molar-refractivity contribution < 1.29 is 0 Å². The minimum absolute atomic E-state index is 0.346. The van der Waals surface area contributed by atoms with Crippen molar-refractivity contribution in [1.82, 2.24) is 25.1 Å². The third kappa shape index (κ3) is 4.15. The molecule has 1 aliphatic heterocycles. The molecule has 2 aliphatic rings. The van der Waals surface area contributed by atoms with Gasteiger partial charge in [-0.1, -0.05) is 50.8 Å². The predicted molar refractivity (Wildman–Crippen MR) is 108 cm³/mol. The number of tetrazole rings is 1. The number of rotatable bonds is 7. The molecule has 1 saturated carbocycles. The summed E-state index contributed by atoms with van der Waals surface area (Å²) >= 11 is 0. The van der Waals surface area contributed by atoms with Crippen LogP contribution in [0.25, 0.3) is 0 Å². The second-order valence-electron chi connectivity index (χ2n) is 7.94. The maximum absolute atomic E-state index is 4.51. The number of hydrogen-bond donors (Lipinski definition) is 0. The van der Waals surface area contributed by atoms with E-state index in [1.54, 1.807) is 0 Å². The molecule has 0 N–H and O–H groups in total. The van der Waals surface area contributed by atoms with Crippen molar-refractivity contribution in [3.8, 4) is 0 Å². The van der Waals surface area contributed by atoms with Crippen LogP contribution < -0.4 is 4.90 Å². The van der Waals surface area contributed by atoms with E-state index in [9.17, 15) is 0 Å². The molecule has 1 aromatic carbocycles. The SMILES string of the molecule is CCCC[C@H](c1nnnn1C1CCCC1)N1CCN(c2ccccc2)CC1. The molecule has 0 unspecified atom stereocenters. The Morgan fingerprint density at radius 2 is 1.78 bits per heavy atom. The Morgan fingerprint density at radius 3 is 2.48 bits per heavy atom. The normalized spacial score (nSPS) is 20.3. The zero-order chi connectivity index (χ0) is 18.5. The zero-order valence-electron chi connectivity index (χ0n) is 16.5. The Balaban J connectivity index is 1.48. The smallest absolute Gasteiger partial charge is 0.168 e. The lowest BCUT2D eigenvalue weighted by molar-refractivity contribution is 0.160. The molecule has 2 aromatic rings. The molecule has 1 aromatic heterocycles. The second-order valence-corrected chi connectivity index (χ2v) is 7.94. The Hall–Kier alpha value is -1.95. The summed E-state index contributed by atoms with van der Waals surface area (Å²) in [6, 6.07) is 11.6. The highest BCUT2D eigenvalue weighted by atomic mass is 15.6. The molecule has 0 spiro atoms. The minimum atomic E-state index is 0.346. The summed E-state index contributed by atoms with van der Waals surface area (Å²) in [5, 5.41) is 13.0. The first kappa shape index (κ1) is 18.4. The fourth-order valence-electron chi connectivity index (χ4n) is 4.63. The van der Waals surface area contributed by atoms with E-state index in [4.69, 9.17) is 0 Å². The molecule has 0 bridgehead atoms. The Kier molecular flexibility index (Phi) is 6.02. The number of hydrogen-bond acceptors (Lipinski definition) is 5. The summed E-state index contributed by atoms with van der Waals surface area (Å²) in [4.78, 5) is 5.11. The van der Waals surface area contributed by atoms with Gasteiger partial charge in [0, 0.05) is 31.9 Å². The number of anilines is 1. The van der Waals surface area contributed by atoms with Crippen LogP contribution in [0.15, 0.2) is 30.3 Å². The first-order valence-corrected chi connectivity index (χ1v) is 10.7. The van der Waals surface area contributed by atoms with Crippen molar-refractivity contribution in [2.45, 2.75) is 64.0 Å². The van der Waals surface area contributed by atoms with Crippen molar-refractivity contribution >= 4 is 5.69 Å². The summed E-state index contributed by atoms with van der Waals surface area (Å²) in [6.45, 7) is 6.54. The highest BCUT2D eigenvalue weighted by Gasteiger charge is 2.31. The van der Waals surface area contributed by atoms with Crippen molar-refractivity contribution in [3.63, 3.8) is 0 Å². The van der Waals surface area contributed by atoms with E-state index in [1.165, 1.54) is 44.2 Å². The van der Waals surface area contributed by atoms with Gasteiger partial charge in [-0.25, -0.2) is 4.68 Å². The predicted octanol–water partition coefficient (Wildman–Crippen LogP) is 3.84. The zero-order valence-corrected chi connectivity index (χ0v) is 16.5. The van der Waals surface area contributed by atoms with Gasteiger partial charge in [-0.3, -0.25) is 4.90 Å². The van der Waals surface area contributed by atoms with Crippen LogP contribution in [0.4, 0.5) is 5.69 Å². The van der Waals surface area contributed by atoms with Crippen molar-refractivity contribution in [1.29, 1.82) is 0 Å². The van der Waals surface area contributed by atoms with Crippen LogP contribution in [0.1, 0.15) is 69.8 Å². The fourth-order valence-corrected chi connectivity index (χ4v) is 4.63. The fraction of sp³-hybridized carbons (Fsp3) is 0.667. The molecule has 2 fully saturated rings. The Labute approximate surface area is 162 Å². The second kappa shape index (κ2) is 8.83. The first-order chi connectivity index (χ1) is 13.4. The summed E-state index contributed by atoms with van der Waals surface area (Å²) < 4.78 is 2.16. The van der Waals surface area contributed by atoms with Gasteiger partial charge in [0.15, 0.2) is 5.82 Å². The number of para-hydroxylation sites is 1. The van der Waals surface area contributed by atoms with E-state index in [0.29, 0.717) is 12.1 Å². The molecule has 146 valence electrons. The Bertz CT molecular complexity index is 686. The van der Waals surface area contributed by atoms with Gasteiger partial charge in [-0.05, 0) is 41.8 Å². The van der Waals surface area contributed by atoms with Crippen molar-refractivity contribution in [2.24, 2.45) is 0 Å². The van der Waals surface area contributed by atoms with Gasteiger partial charge >= 0.3 is 0 Å². The van der Waals surface area contributed by atoms with Gasteiger partial charge in [-0.15, -0.1) is 5.10 Å². The number of unbranched alkanes of at least 4 members (excludes halogenated alkanes) is 1.